The van der Waals surface area contributed by atoms with Crippen LogP contribution in [0.1, 0.15) is 42.2 Å². The van der Waals surface area contributed by atoms with E-state index in [2.05, 4.69) is 37.9 Å². The number of benzene rings is 2. The van der Waals surface area contributed by atoms with Crippen LogP contribution in [0.4, 0.5) is 11.5 Å². The molecule has 7 rings (SSSR count). The van der Waals surface area contributed by atoms with Crippen LogP contribution in [0.25, 0.3) is 33.1 Å². The average molecular weight is 563 g/mol. The Hall–Kier alpha value is -4.21. The Bertz CT molecular complexity index is 1740. The molecule has 0 spiro atoms. The van der Waals surface area contributed by atoms with Crippen LogP contribution in [0.3, 0.4) is 0 Å². The molecule has 0 unspecified atom stereocenters. The van der Waals surface area contributed by atoms with Crippen molar-refractivity contribution in [2.75, 3.05) is 44.3 Å². The number of aryl methyl sites for hydroxylation is 1. The zero-order chi connectivity index (χ0) is 28.8. The second kappa shape index (κ2) is 10.9. The molecule has 0 atom stereocenters. The Balaban J connectivity index is 1.11. The molecule has 1 aliphatic heterocycles. The molecule has 0 bridgehead atoms. The molecule has 9 heteroatoms. The zero-order valence-corrected chi connectivity index (χ0v) is 24.3. The second-order valence-electron chi connectivity index (χ2n) is 11.9. The smallest absolute Gasteiger partial charge is 0.272 e. The number of nitrogens with two attached hydrogens (primary N) is 1. The van der Waals surface area contributed by atoms with Gasteiger partial charge in [0.15, 0.2) is 0 Å². The maximum absolute atomic E-state index is 13.1. The van der Waals surface area contributed by atoms with Gasteiger partial charge in [0.25, 0.3) is 5.91 Å². The Morgan fingerprint density at radius 3 is 2.36 bits per heavy atom. The lowest BCUT2D eigenvalue weighted by molar-refractivity contribution is 0.0828. The fraction of sp³-hybridized carbons (Fsp3) is 0.364. The Labute approximate surface area is 245 Å². The molecular formula is C33H38N8O. The molecule has 0 radical (unpaired) electrons. The van der Waals surface area contributed by atoms with Gasteiger partial charge >= 0.3 is 0 Å². The third-order valence-corrected chi connectivity index (χ3v) is 9.39. The lowest BCUT2D eigenvalue weighted by Gasteiger charge is -2.41. The van der Waals surface area contributed by atoms with Crippen LogP contribution in [0.5, 0.6) is 0 Å². The number of piperazine rings is 1. The number of carbonyl (C=O) groups is 1. The van der Waals surface area contributed by atoms with E-state index in [1.807, 2.05) is 66.2 Å². The molecule has 3 N–H and O–H groups in total. The van der Waals surface area contributed by atoms with Gasteiger partial charge in [-0.05, 0) is 62.6 Å². The third kappa shape index (κ3) is 4.82. The number of aromatic nitrogens is 4. The molecule has 5 aromatic rings. The highest BCUT2D eigenvalue weighted by Gasteiger charge is 2.30. The topological polar surface area (TPSA) is 97.2 Å². The molecule has 1 aliphatic carbocycles. The van der Waals surface area contributed by atoms with Crippen molar-refractivity contribution in [3.05, 3.63) is 72.8 Å². The number of rotatable bonds is 5. The predicted molar refractivity (Wildman–Crippen MR) is 169 cm³/mol. The van der Waals surface area contributed by atoms with E-state index in [9.17, 15) is 4.79 Å². The molecule has 1 saturated heterocycles. The van der Waals surface area contributed by atoms with E-state index >= 15 is 0 Å². The summed E-state index contributed by atoms with van der Waals surface area (Å²) in [4.78, 5) is 27.3. The summed E-state index contributed by atoms with van der Waals surface area (Å²) in [5.74, 6) is 0.357. The van der Waals surface area contributed by atoms with Crippen molar-refractivity contribution in [1.29, 1.82) is 0 Å². The zero-order valence-electron chi connectivity index (χ0n) is 24.3. The molecule has 4 heterocycles. The predicted octanol–water partition coefficient (Wildman–Crippen LogP) is 5.16. The highest BCUT2D eigenvalue weighted by atomic mass is 16.1. The van der Waals surface area contributed by atoms with Crippen LogP contribution in [-0.2, 0) is 7.05 Å². The summed E-state index contributed by atoms with van der Waals surface area (Å²) in [6, 6.07) is 19.0. The van der Waals surface area contributed by atoms with Gasteiger partial charge in [0.2, 0.25) is 0 Å². The van der Waals surface area contributed by atoms with Crippen molar-refractivity contribution < 1.29 is 4.79 Å². The number of para-hydroxylation sites is 1. The van der Waals surface area contributed by atoms with Crippen molar-refractivity contribution in [3.8, 4) is 11.1 Å². The molecule has 2 aromatic carbocycles. The molecule has 1 amide bonds. The van der Waals surface area contributed by atoms with Gasteiger partial charge in [0, 0.05) is 73.7 Å². The first-order valence-corrected chi connectivity index (χ1v) is 15.0. The van der Waals surface area contributed by atoms with E-state index in [0.29, 0.717) is 23.6 Å². The fourth-order valence-corrected chi connectivity index (χ4v) is 6.93. The monoisotopic (exact) mass is 562 g/mol. The van der Waals surface area contributed by atoms with Crippen LogP contribution in [-0.4, -0.2) is 74.1 Å². The lowest BCUT2D eigenvalue weighted by atomic mass is 9.89. The quantitative estimate of drug-likeness (QED) is 0.307. The number of likely N-dealkylation sites (N-methyl/N-ethyl adjacent to an activating group) is 1. The Kier molecular flexibility index (Phi) is 6.91. The maximum Gasteiger partial charge on any atom is 0.272 e. The average Bonchev–Trinajstić information content (AvgIpc) is 3.57. The normalized spacial score (nSPS) is 20.3. The van der Waals surface area contributed by atoms with Gasteiger partial charge in [-0.1, -0.05) is 30.3 Å². The summed E-state index contributed by atoms with van der Waals surface area (Å²) in [6.45, 7) is 4.66. The van der Waals surface area contributed by atoms with Gasteiger partial charge in [-0.2, -0.15) is 0 Å². The number of fused-ring (bicyclic) bond motifs is 2. The van der Waals surface area contributed by atoms with Crippen LogP contribution in [0.2, 0.25) is 0 Å². The molecule has 9 nitrogen and oxygen atoms in total. The van der Waals surface area contributed by atoms with E-state index in [1.54, 1.807) is 6.33 Å². The maximum atomic E-state index is 13.1. The van der Waals surface area contributed by atoms with Crippen molar-refractivity contribution >= 4 is 39.3 Å². The van der Waals surface area contributed by atoms with E-state index in [1.165, 1.54) is 25.9 Å². The summed E-state index contributed by atoms with van der Waals surface area (Å²) in [5, 5.41) is 5.00. The van der Waals surface area contributed by atoms with Crippen molar-refractivity contribution in [2.24, 2.45) is 7.05 Å². The number of hydrogen-bond donors (Lipinski definition) is 2. The first-order chi connectivity index (χ1) is 20.5. The molecule has 2 aliphatic rings. The van der Waals surface area contributed by atoms with Gasteiger partial charge in [0.05, 0.1) is 5.39 Å². The second-order valence-corrected chi connectivity index (χ2v) is 11.9. The van der Waals surface area contributed by atoms with E-state index in [-0.39, 0.29) is 5.91 Å². The number of nitrogen functional groups attached to an aromatic ring is 1. The largest absolute Gasteiger partial charge is 0.383 e. The third-order valence-electron chi connectivity index (χ3n) is 9.39. The molecule has 1 saturated carbocycles. The highest BCUT2D eigenvalue weighted by Crippen LogP contribution is 2.39. The number of amides is 1. The highest BCUT2D eigenvalue weighted by molar-refractivity contribution is 6.06. The van der Waals surface area contributed by atoms with Gasteiger partial charge < -0.3 is 25.1 Å². The molecule has 2 fully saturated rings. The minimum absolute atomic E-state index is 0.136. The molecule has 42 heavy (non-hydrogen) atoms. The summed E-state index contributed by atoms with van der Waals surface area (Å²) >= 11 is 0. The van der Waals surface area contributed by atoms with Gasteiger partial charge in [-0.25, -0.2) is 9.97 Å². The summed E-state index contributed by atoms with van der Waals surface area (Å²) in [6.07, 6.45) is 8.44. The number of nitrogens with zero attached hydrogens (tertiary/aromatic N) is 6. The molecular weight excluding hydrogens is 524 g/mol. The standard InChI is InChI=1S/C33H38N8O/c1-38-15-17-40(18-16-38)25-11-13-26(14-12-25)41-20-27(30-31(34)35-21-36-32(30)41)22-7-9-24(10-8-22)37-33(42)29-19-23-5-3-4-6-28(23)39(29)2/h3-10,19-21,25-26H,11-18H2,1-2H3,(H,37,42)(H2,34,35,36). The Morgan fingerprint density at radius 1 is 0.905 bits per heavy atom. The first kappa shape index (κ1) is 26.7. The summed E-state index contributed by atoms with van der Waals surface area (Å²) in [7, 11) is 4.13. The summed E-state index contributed by atoms with van der Waals surface area (Å²) in [5.41, 5.74) is 11.8. The lowest BCUT2D eigenvalue weighted by Crippen LogP contribution is -2.49. The van der Waals surface area contributed by atoms with Crippen LogP contribution in [0, 0.1) is 0 Å². The fourth-order valence-electron chi connectivity index (χ4n) is 6.93. The van der Waals surface area contributed by atoms with E-state index in [0.717, 1.165) is 64.7 Å². The van der Waals surface area contributed by atoms with E-state index < -0.39 is 0 Å². The number of anilines is 2. The number of nitrogens with one attached hydrogen (secondary N) is 1. The minimum Gasteiger partial charge on any atom is -0.383 e. The van der Waals surface area contributed by atoms with E-state index in [4.69, 9.17) is 10.7 Å². The van der Waals surface area contributed by atoms with Crippen molar-refractivity contribution in [2.45, 2.75) is 37.8 Å². The van der Waals surface area contributed by atoms with Gasteiger partial charge in [-0.15, -0.1) is 0 Å². The molecule has 216 valence electrons. The SMILES string of the molecule is CN1CCN(C2CCC(n3cc(-c4ccc(NC(=O)c5cc6ccccc6n5C)cc4)c4c(N)ncnc43)CC2)CC1. The van der Waals surface area contributed by atoms with Crippen LogP contribution < -0.4 is 11.1 Å². The Morgan fingerprint density at radius 2 is 1.62 bits per heavy atom. The first-order valence-electron chi connectivity index (χ1n) is 15.0. The van der Waals surface area contributed by atoms with Crippen molar-refractivity contribution in [1.82, 2.24) is 28.9 Å². The number of hydrogen-bond acceptors (Lipinski definition) is 6. The van der Waals surface area contributed by atoms with Crippen LogP contribution >= 0.6 is 0 Å². The minimum atomic E-state index is -0.136. The van der Waals surface area contributed by atoms with Crippen molar-refractivity contribution in [3.63, 3.8) is 0 Å². The van der Waals surface area contributed by atoms with Crippen LogP contribution in [0.15, 0.2) is 67.1 Å². The van der Waals surface area contributed by atoms with Gasteiger partial charge in [0.1, 0.15) is 23.5 Å². The number of carbonyl (C=O) groups excluding carboxylic acids is 1. The van der Waals surface area contributed by atoms with Gasteiger partial charge in [-0.3, -0.25) is 9.69 Å². The summed E-state index contributed by atoms with van der Waals surface area (Å²) < 4.78 is 4.26. The molecule has 3 aromatic heterocycles.